The molecule has 75 heavy (non-hydrogen) atoms. The van der Waals surface area contributed by atoms with Gasteiger partial charge in [-0.25, -0.2) is 0 Å². The molecule has 1 aliphatic heterocycles. The predicted molar refractivity (Wildman–Crippen MR) is 298 cm³/mol. The summed E-state index contributed by atoms with van der Waals surface area (Å²) in [6.07, 6.45) is 1.80. The molecule has 1 fully saturated rings. The van der Waals surface area contributed by atoms with Crippen LogP contribution in [0, 0.1) is 27.6 Å². The fraction of sp³-hybridized carbons (Fsp3) is 0.733. The Labute approximate surface area is 532 Å². The minimum Gasteiger partial charge on any atom is -0.550 e. The van der Waals surface area contributed by atoms with E-state index >= 15 is 0 Å². The first-order valence-corrected chi connectivity index (χ1v) is 34.7. The van der Waals surface area contributed by atoms with Crippen LogP contribution < -0.4 is 56.5 Å². The predicted octanol–water partition coefficient (Wildman–Crippen LogP) is 4.46. The summed E-state index contributed by atoms with van der Waals surface area (Å²) in [6.45, 7) is 27.6. The van der Waals surface area contributed by atoms with E-state index in [2.05, 4.69) is 95.6 Å². The van der Waals surface area contributed by atoms with Crippen molar-refractivity contribution in [2.75, 3.05) is 45.0 Å². The molecule has 1 heterocycles. The molecule has 0 aromatic heterocycles. The fourth-order valence-electron chi connectivity index (χ4n) is 4.13. The van der Waals surface area contributed by atoms with Gasteiger partial charge in [0.25, 0.3) is 0 Å². The van der Waals surface area contributed by atoms with Gasteiger partial charge in [0.2, 0.25) is 0 Å². The van der Waals surface area contributed by atoms with Crippen molar-refractivity contribution in [1.29, 1.82) is 0 Å². The summed E-state index contributed by atoms with van der Waals surface area (Å²) in [5.41, 5.74) is -4.01. The van der Waals surface area contributed by atoms with E-state index in [1.54, 1.807) is 76.2 Å². The van der Waals surface area contributed by atoms with Crippen molar-refractivity contribution in [2.24, 2.45) is 27.6 Å². The van der Waals surface area contributed by atoms with Crippen molar-refractivity contribution in [3.8, 4) is 0 Å². The number of carbonyl (C=O) groups is 12. The summed E-state index contributed by atoms with van der Waals surface area (Å²) in [5, 5.41) is 9.08. The summed E-state index contributed by atoms with van der Waals surface area (Å²) < 4.78 is 59.8. The molecular weight excluding hydrogens is 1470 g/mol. The first-order chi connectivity index (χ1) is 33.8. The number of hydrogen-bond donors (Lipinski definition) is 2. The topological polar surface area (TPSA) is 358 Å². The minimum atomic E-state index is -4.67. The van der Waals surface area contributed by atoms with Gasteiger partial charge in [-0.05, 0) is 109 Å². The third-order valence-electron chi connectivity index (χ3n) is 10.2. The van der Waals surface area contributed by atoms with E-state index in [1.165, 1.54) is 27.7 Å². The first-order valence-electron chi connectivity index (χ1n) is 22.1. The largest absolute Gasteiger partial charge is 1.00 e. The number of esters is 6. The van der Waals surface area contributed by atoms with Crippen molar-refractivity contribution in [3.63, 3.8) is 0 Å². The second-order valence-electron chi connectivity index (χ2n) is 15.2. The van der Waals surface area contributed by atoms with Crippen LogP contribution in [0.2, 0.25) is 0 Å². The van der Waals surface area contributed by atoms with E-state index < -0.39 is 86.2 Å². The molecule has 1 saturated heterocycles. The average Bonchev–Trinajstić information content (AvgIpc) is 3.60. The zero-order valence-electron chi connectivity index (χ0n) is 46.1. The molecule has 0 aliphatic carbocycles. The van der Waals surface area contributed by atoms with Gasteiger partial charge in [0.05, 0.1) is 31.8 Å². The maximum atomic E-state index is 11.7. The zero-order valence-corrected chi connectivity index (χ0v) is 59.1. The molecule has 0 aromatic rings. The number of aliphatic carboxylic acids is 1. The van der Waals surface area contributed by atoms with Crippen LogP contribution in [0.5, 0.6) is 0 Å². The summed E-state index contributed by atoms with van der Waals surface area (Å²) >= 11 is 12.8. The quantitative estimate of drug-likeness (QED) is 0.0343. The van der Waals surface area contributed by atoms with Gasteiger partial charge >= 0.3 is 97.6 Å². The Hall–Kier alpha value is -0.954. The number of carboxylic acid groups (broad SMARTS) is 1. The average molecular weight is 1550 g/mol. The molecule has 0 spiro atoms. The van der Waals surface area contributed by atoms with Crippen LogP contribution in [0.1, 0.15) is 143 Å². The second kappa shape index (κ2) is 52.4. The van der Waals surface area contributed by atoms with Crippen molar-refractivity contribution in [2.45, 2.75) is 143 Å². The van der Waals surface area contributed by atoms with Gasteiger partial charge in [0.1, 0.15) is 39.1 Å². The molecule has 0 amide bonds. The van der Waals surface area contributed by atoms with E-state index in [0.717, 1.165) is 6.92 Å². The monoisotopic (exact) mass is 1550 g/mol. The SMILES string of the molecule is BrBr.CC(=O)[O-].CCC1(C)C(=O)COC1=O.CCOC(=O)C(C)(CC)C(=O)CBr.CCOC(=O)C(C)(CC)C(=O)COC(C)=O.CCOC(=O)C(C)(CC)C(C)=O.CCOC(=O)C(C)C(C)=O.II.O=S(=O)(O)O.[K+]. The van der Waals surface area contributed by atoms with E-state index in [4.69, 9.17) is 41.6 Å². The van der Waals surface area contributed by atoms with Crippen LogP contribution >= 0.6 is 81.4 Å². The number of carbonyl (C=O) groups excluding carboxylic acids is 12. The van der Waals surface area contributed by atoms with Gasteiger partial charge in [-0.2, -0.15) is 8.42 Å². The Morgan fingerprint density at radius 1 is 0.680 bits per heavy atom. The maximum Gasteiger partial charge on any atom is 1.00 e. The van der Waals surface area contributed by atoms with Crippen LogP contribution in [0.15, 0.2) is 0 Å². The van der Waals surface area contributed by atoms with Crippen LogP contribution in [0.3, 0.4) is 0 Å². The molecule has 0 radical (unpaired) electrons. The molecule has 0 aromatic carbocycles. The summed E-state index contributed by atoms with van der Waals surface area (Å²) in [4.78, 5) is 131. The van der Waals surface area contributed by atoms with Crippen LogP contribution in [0.25, 0.3) is 0 Å². The molecule has 5 atom stereocenters. The number of hydrogen-bond acceptors (Lipinski definition) is 21. The molecule has 2 N–H and O–H groups in total. The third-order valence-corrected chi connectivity index (χ3v) is 10.7. The van der Waals surface area contributed by atoms with Crippen molar-refractivity contribution >= 4 is 163 Å². The molecule has 5 unspecified atom stereocenters. The van der Waals surface area contributed by atoms with Gasteiger partial charge in [-0.15, -0.1) is 0 Å². The van der Waals surface area contributed by atoms with E-state index in [0.29, 0.717) is 45.5 Å². The Balaban J connectivity index is -0.0000000982. The molecule has 30 heteroatoms. The van der Waals surface area contributed by atoms with Gasteiger partial charge in [-0.3, -0.25) is 61.8 Å². The number of Topliss-reactive ketones (excluding diaryl/α,β-unsaturated/α-hetero) is 5. The number of cyclic esters (lactones) is 1. The molecule has 1 rings (SSSR count). The molecular formula is C45H76Br3I2KO23S. The number of ether oxygens (including phenoxy) is 6. The number of halogens is 5. The minimum absolute atomic E-state index is 0. The fourth-order valence-corrected chi connectivity index (χ4v) is 4.75. The van der Waals surface area contributed by atoms with E-state index in [1.807, 2.05) is 6.92 Å². The molecule has 0 bridgehead atoms. The van der Waals surface area contributed by atoms with E-state index in [9.17, 15) is 52.7 Å². The van der Waals surface area contributed by atoms with Crippen molar-refractivity contribution in [3.05, 3.63) is 0 Å². The van der Waals surface area contributed by atoms with Crippen LogP contribution in [-0.2, 0) is 96.4 Å². The zero-order chi connectivity index (χ0) is 61.0. The number of rotatable bonds is 19. The van der Waals surface area contributed by atoms with Gasteiger partial charge < -0.3 is 38.3 Å². The Bertz CT molecular complexity index is 1850. The standard InChI is InChI=1S/C11H18O5.C9H15BrO3.C9H16O3.C7H10O3.C7H12O3.C2H4O2.Br2.I2.K.H2O4S/c1-5-11(4,10(14)15-6-2)9(13)7-16-8(3)12;1-4-9(3,7(11)6-10)8(12)13-5-2;1-5-9(4,7(3)10)8(11)12-6-2;1-3-7(2)5(8)4-10-6(7)9;1-4-10-7(9)5(2)6(3)8;1-2(3)4;2*1-2;;1-5(2,3)4/h5-7H2,1-4H3;4-6H2,1-3H3;5-6H2,1-4H3;3-4H2,1-2H3;5H,4H2,1-3H3;1H3,(H,3,4);;;;(H2,1,2,3,4)/q;;;;;;;;+1;/p-1. The number of carboxylic acids is 1. The number of alkyl halides is 1. The number of ketones is 5. The smallest absolute Gasteiger partial charge is 0.550 e. The molecule has 23 nitrogen and oxygen atoms in total. The van der Waals surface area contributed by atoms with Gasteiger partial charge in [0, 0.05) is 78.4 Å². The Morgan fingerprint density at radius 3 is 1.19 bits per heavy atom. The molecule has 0 saturated carbocycles. The van der Waals surface area contributed by atoms with Gasteiger partial charge in [-0.1, -0.05) is 43.6 Å². The van der Waals surface area contributed by atoms with Gasteiger partial charge in [0.15, 0.2) is 30.6 Å². The van der Waals surface area contributed by atoms with Crippen LogP contribution in [-0.4, -0.2) is 133 Å². The Morgan fingerprint density at radius 2 is 0.987 bits per heavy atom. The third kappa shape index (κ3) is 44.5. The normalized spacial score (nSPS) is 15.1. The second-order valence-corrected chi connectivity index (χ2v) is 16.7. The van der Waals surface area contributed by atoms with Crippen molar-refractivity contribution < 1.29 is 160 Å². The van der Waals surface area contributed by atoms with Crippen LogP contribution in [0.4, 0.5) is 0 Å². The molecule has 436 valence electrons. The molecule has 1 aliphatic rings. The summed E-state index contributed by atoms with van der Waals surface area (Å²) in [7, 11) is -4.67. The summed E-state index contributed by atoms with van der Waals surface area (Å²) in [6, 6.07) is 0. The van der Waals surface area contributed by atoms with E-state index in [-0.39, 0.29) is 99.0 Å². The van der Waals surface area contributed by atoms with Crippen molar-refractivity contribution in [1.82, 2.24) is 0 Å². The Kier molecular flexibility index (Phi) is 65.3. The first kappa shape index (κ1) is 93.4. The summed E-state index contributed by atoms with van der Waals surface area (Å²) in [5.74, 6) is -5.43. The maximum absolute atomic E-state index is 11.7.